The molecular formula is C47H29N3S. The Kier molecular flexibility index (Phi) is 6.12. The number of nitrogens with zero attached hydrogens (tertiary/aromatic N) is 3. The van der Waals surface area contributed by atoms with Crippen molar-refractivity contribution in [2.24, 2.45) is 0 Å². The number of para-hydroxylation sites is 4. The van der Waals surface area contributed by atoms with Crippen LogP contribution in [-0.4, -0.2) is 14.1 Å². The van der Waals surface area contributed by atoms with Gasteiger partial charge in [-0.15, -0.1) is 11.3 Å². The second-order valence-corrected chi connectivity index (χ2v) is 14.2. The fraction of sp³-hybridized carbons (Fsp3) is 0. The topological polar surface area (TPSA) is 22.8 Å². The Labute approximate surface area is 297 Å². The highest BCUT2D eigenvalue weighted by Gasteiger charge is 2.18. The van der Waals surface area contributed by atoms with Crippen molar-refractivity contribution in [2.75, 3.05) is 0 Å². The van der Waals surface area contributed by atoms with Crippen molar-refractivity contribution in [3.8, 4) is 33.1 Å². The molecule has 0 aliphatic rings. The molecule has 11 rings (SSSR count). The van der Waals surface area contributed by atoms with E-state index >= 15 is 0 Å². The van der Waals surface area contributed by atoms with Gasteiger partial charge in [0.2, 0.25) is 0 Å². The molecule has 0 saturated carbocycles. The zero-order chi connectivity index (χ0) is 33.5. The molecule has 0 spiro atoms. The van der Waals surface area contributed by atoms with Gasteiger partial charge in [0.1, 0.15) is 5.01 Å². The van der Waals surface area contributed by atoms with E-state index in [0.29, 0.717) is 0 Å². The first kappa shape index (κ1) is 28.4. The highest BCUT2D eigenvalue weighted by Crippen LogP contribution is 2.41. The molecule has 4 heteroatoms. The van der Waals surface area contributed by atoms with E-state index in [2.05, 4.69) is 185 Å². The van der Waals surface area contributed by atoms with Gasteiger partial charge in [-0.05, 0) is 94.7 Å². The molecule has 0 amide bonds. The average molecular weight is 668 g/mol. The van der Waals surface area contributed by atoms with E-state index in [1.807, 2.05) is 0 Å². The highest BCUT2D eigenvalue weighted by molar-refractivity contribution is 7.21. The van der Waals surface area contributed by atoms with Crippen LogP contribution in [0.2, 0.25) is 0 Å². The van der Waals surface area contributed by atoms with Gasteiger partial charge in [0, 0.05) is 38.5 Å². The molecule has 3 nitrogen and oxygen atoms in total. The van der Waals surface area contributed by atoms with Crippen molar-refractivity contribution in [3.63, 3.8) is 0 Å². The molecule has 0 radical (unpaired) electrons. The summed E-state index contributed by atoms with van der Waals surface area (Å²) in [6.45, 7) is 0. The number of benzene rings is 8. The number of hydrogen-bond acceptors (Lipinski definition) is 2. The van der Waals surface area contributed by atoms with Gasteiger partial charge in [-0.25, -0.2) is 4.98 Å². The Balaban J connectivity index is 1.11. The van der Waals surface area contributed by atoms with Crippen LogP contribution in [0.5, 0.6) is 0 Å². The Morgan fingerprint density at radius 2 is 0.941 bits per heavy atom. The van der Waals surface area contributed by atoms with Crippen LogP contribution in [-0.2, 0) is 0 Å². The molecule has 0 aliphatic carbocycles. The maximum Gasteiger partial charge on any atom is 0.125 e. The zero-order valence-corrected chi connectivity index (χ0v) is 28.3. The Morgan fingerprint density at radius 1 is 0.392 bits per heavy atom. The van der Waals surface area contributed by atoms with Crippen LogP contribution in [0.3, 0.4) is 0 Å². The maximum absolute atomic E-state index is 5.09. The monoisotopic (exact) mass is 667 g/mol. The smallest absolute Gasteiger partial charge is 0.125 e. The van der Waals surface area contributed by atoms with Crippen LogP contribution >= 0.6 is 11.3 Å². The molecule has 11 aromatic rings. The summed E-state index contributed by atoms with van der Waals surface area (Å²) in [5, 5.41) is 8.46. The van der Waals surface area contributed by atoms with Crippen molar-refractivity contribution >= 4 is 75.9 Å². The van der Waals surface area contributed by atoms with Gasteiger partial charge in [0.25, 0.3) is 0 Å². The summed E-state index contributed by atoms with van der Waals surface area (Å²) in [5.41, 5.74) is 11.7. The lowest BCUT2D eigenvalue weighted by molar-refractivity contribution is 1.18. The minimum Gasteiger partial charge on any atom is -0.309 e. The van der Waals surface area contributed by atoms with Crippen LogP contribution in [0.25, 0.3) is 97.7 Å². The minimum atomic E-state index is 1.04. The van der Waals surface area contributed by atoms with E-state index in [9.17, 15) is 0 Å². The van der Waals surface area contributed by atoms with Crippen molar-refractivity contribution in [1.82, 2.24) is 14.1 Å². The molecule has 8 aromatic carbocycles. The third-order valence-electron chi connectivity index (χ3n) is 10.3. The summed E-state index contributed by atoms with van der Waals surface area (Å²) >= 11 is 1.76. The molecule has 0 N–H and O–H groups in total. The molecule has 238 valence electrons. The number of hydrogen-bond donors (Lipinski definition) is 0. The number of rotatable bonds is 4. The van der Waals surface area contributed by atoms with Gasteiger partial charge < -0.3 is 9.13 Å². The SMILES string of the molecule is c1ccc(-n2c3ccccc3c3cc(-c4ccc5c(c4)c4ccccc4n5-c4cc(-c5nc6ccccc6s5)c5ccccc5c4)ccc32)cc1. The predicted molar refractivity (Wildman–Crippen MR) is 217 cm³/mol. The summed E-state index contributed by atoms with van der Waals surface area (Å²) < 4.78 is 6.00. The van der Waals surface area contributed by atoms with Gasteiger partial charge in [-0.3, -0.25) is 0 Å². The first-order valence-electron chi connectivity index (χ1n) is 17.3. The standard InChI is InChI=1S/C47H29N3S/c1-2-13-33(14-3-1)49-42-19-9-6-16-36(42)38-27-30(22-24-44(38)49)31-23-25-45-39(28-31)37-17-7-10-20-43(37)50(45)34-26-32-12-4-5-15-35(32)40(29-34)47-48-41-18-8-11-21-46(41)51-47/h1-29H. The predicted octanol–water partition coefficient (Wildman–Crippen LogP) is 13.0. The molecule has 3 aromatic heterocycles. The summed E-state index contributed by atoms with van der Waals surface area (Å²) in [6, 6.07) is 63.8. The molecule has 3 heterocycles. The number of thiazole rings is 1. The van der Waals surface area contributed by atoms with Crippen LogP contribution in [0.1, 0.15) is 0 Å². The molecular weight excluding hydrogens is 639 g/mol. The average Bonchev–Trinajstić information content (AvgIpc) is 3.87. The Morgan fingerprint density at radius 3 is 1.63 bits per heavy atom. The van der Waals surface area contributed by atoms with Gasteiger partial charge in [0.15, 0.2) is 0 Å². The first-order chi connectivity index (χ1) is 25.3. The van der Waals surface area contributed by atoms with Gasteiger partial charge >= 0.3 is 0 Å². The largest absolute Gasteiger partial charge is 0.309 e. The van der Waals surface area contributed by atoms with Gasteiger partial charge in [0.05, 0.1) is 32.3 Å². The van der Waals surface area contributed by atoms with Crippen molar-refractivity contribution in [2.45, 2.75) is 0 Å². The van der Waals surface area contributed by atoms with Crippen LogP contribution < -0.4 is 0 Å². The molecule has 0 atom stereocenters. The lowest BCUT2D eigenvalue weighted by atomic mass is 10.0. The van der Waals surface area contributed by atoms with Crippen LogP contribution in [0.15, 0.2) is 176 Å². The summed E-state index contributed by atoms with van der Waals surface area (Å²) in [6.07, 6.45) is 0. The van der Waals surface area contributed by atoms with E-state index in [1.165, 1.54) is 75.9 Å². The van der Waals surface area contributed by atoms with Crippen LogP contribution in [0, 0.1) is 0 Å². The van der Waals surface area contributed by atoms with E-state index in [4.69, 9.17) is 4.98 Å². The maximum atomic E-state index is 5.09. The first-order valence-corrected chi connectivity index (χ1v) is 18.1. The van der Waals surface area contributed by atoms with Crippen LogP contribution in [0.4, 0.5) is 0 Å². The summed E-state index contributed by atoms with van der Waals surface area (Å²) in [4.78, 5) is 5.09. The van der Waals surface area contributed by atoms with Gasteiger partial charge in [-0.1, -0.05) is 103 Å². The van der Waals surface area contributed by atoms with E-state index in [-0.39, 0.29) is 0 Å². The molecule has 51 heavy (non-hydrogen) atoms. The molecule has 0 saturated heterocycles. The summed E-state index contributed by atoms with van der Waals surface area (Å²) in [7, 11) is 0. The quantitative estimate of drug-likeness (QED) is 0.183. The van der Waals surface area contributed by atoms with E-state index in [1.54, 1.807) is 11.3 Å². The zero-order valence-electron chi connectivity index (χ0n) is 27.5. The van der Waals surface area contributed by atoms with E-state index < -0.39 is 0 Å². The third kappa shape index (κ3) is 4.33. The molecule has 0 bridgehead atoms. The number of aromatic nitrogens is 3. The summed E-state index contributed by atoms with van der Waals surface area (Å²) in [5.74, 6) is 0. The minimum absolute atomic E-state index is 1.04. The Hall–Kier alpha value is -6.49. The Bertz CT molecular complexity index is 3110. The lowest BCUT2D eigenvalue weighted by Gasteiger charge is -2.13. The fourth-order valence-electron chi connectivity index (χ4n) is 8.03. The number of fused-ring (bicyclic) bond motifs is 8. The third-order valence-corrected chi connectivity index (χ3v) is 11.4. The van der Waals surface area contributed by atoms with Crippen molar-refractivity contribution in [3.05, 3.63) is 176 Å². The van der Waals surface area contributed by atoms with Crippen molar-refractivity contribution < 1.29 is 0 Å². The van der Waals surface area contributed by atoms with Gasteiger partial charge in [-0.2, -0.15) is 0 Å². The second kappa shape index (κ2) is 11.0. The second-order valence-electron chi connectivity index (χ2n) is 13.2. The normalized spacial score (nSPS) is 11.9. The van der Waals surface area contributed by atoms with E-state index in [0.717, 1.165) is 21.8 Å². The molecule has 0 unspecified atom stereocenters. The van der Waals surface area contributed by atoms with Crippen molar-refractivity contribution in [1.29, 1.82) is 0 Å². The highest BCUT2D eigenvalue weighted by atomic mass is 32.1. The fourth-order valence-corrected chi connectivity index (χ4v) is 9.02. The lowest BCUT2D eigenvalue weighted by Crippen LogP contribution is -1.95. The molecule has 0 aliphatic heterocycles. The molecule has 0 fully saturated rings.